The molecule has 0 fully saturated rings. The predicted molar refractivity (Wildman–Crippen MR) is 217 cm³/mol. The molecule has 0 aliphatic heterocycles. The molecule has 8 nitrogen and oxygen atoms in total. The van der Waals surface area contributed by atoms with Crippen LogP contribution < -0.4 is 11.5 Å². The van der Waals surface area contributed by atoms with Crippen molar-refractivity contribution >= 4 is 17.9 Å². The van der Waals surface area contributed by atoms with Crippen LogP contribution in [0.15, 0.2) is 0 Å². The number of esters is 3. The Morgan fingerprint density at radius 1 is 0.481 bits per heavy atom. The Bertz CT molecular complexity index is 810. The van der Waals surface area contributed by atoms with Crippen molar-refractivity contribution in [2.24, 2.45) is 17.4 Å². The number of carbonyl (C=O) groups excluding carboxylic acids is 3. The molecule has 0 saturated carbocycles. The summed E-state index contributed by atoms with van der Waals surface area (Å²) in [6.07, 6.45) is 35.4. The van der Waals surface area contributed by atoms with Crippen molar-refractivity contribution in [2.45, 2.75) is 238 Å². The molecule has 0 aliphatic rings. The molecule has 52 heavy (non-hydrogen) atoms. The maximum Gasteiger partial charge on any atom is 0.323 e. The van der Waals surface area contributed by atoms with Crippen LogP contribution in [0.3, 0.4) is 0 Å². The van der Waals surface area contributed by atoms with Gasteiger partial charge in [0.2, 0.25) is 0 Å². The minimum atomic E-state index is -0.846. The van der Waals surface area contributed by atoms with Crippen molar-refractivity contribution in [3.63, 3.8) is 0 Å². The second kappa shape index (κ2) is 39.0. The summed E-state index contributed by atoms with van der Waals surface area (Å²) < 4.78 is 16.5. The molecule has 0 heterocycles. The van der Waals surface area contributed by atoms with Crippen LogP contribution >= 0.6 is 0 Å². The van der Waals surface area contributed by atoms with E-state index >= 15 is 0 Å². The first-order valence-electron chi connectivity index (χ1n) is 22.3. The van der Waals surface area contributed by atoms with Crippen molar-refractivity contribution in [3.05, 3.63) is 0 Å². The molecule has 0 spiro atoms. The Kier molecular flexibility index (Phi) is 37.8. The van der Waals surface area contributed by atoms with E-state index in [-0.39, 0.29) is 25.2 Å². The maximum absolute atomic E-state index is 12.7. The number of rotatable bonds is 40. The van der Waals surface area contributed by atoms with Crippen molar-refractivity contribution < 1.29 is 28.6 Å². The number of hydrogen-bond acceptors (Lipinski definition) is 8. The van der Waals surface area contributed by atoms with Crippen LogP contribution in [0.1, 0.15) is 226 Å². The molecule has 0 aromatic heterocycles. The van der Waals surface area contributed by atoms with E-state index in [2.05, 4.69) is 20.8 Å². The molecule has 0 bridgehead atoms. The highest BCUT2D eigenvalue weighted by molar-refractivity contribution is 5.75. The third-order valence-electron chi connectivity index (χ3n) is 10.3. The molecule has 0 rings (SSSR count). The van der Waals surface area contributed by atoms with Crippen LogP contribution in [0.2, 0.25) is 0 Å². The summed E-state index contributed by atoms with van der Waals surface area (Å²) in [4.78, 5) is 37.6. The molecule has 0 aliphatic carbocycles. The topological polar surface area (TPSA) is 131 Å². The maximum atomic E-state index is 12.7. The molecular weight excluding hydrogens is 652 g/mol. The van der Waals surface area contributed by atoms with E-state index in [0.29, 0.717) is 25.8 Å². The highest BCUT2D eigenvalue weighted by Crippen LogP contribution is 2.19. The highest BCUT2D eigenvalue weighted by Gasteiger charge is 2.22. The van der Waals surface area contributed by atoms with E-state index in [4.69, 9.17) is 25.7 Å². The molecule has 0 aromatic rings. The molecule has 0 amide bonds. The summed E-state index contributed by atoms with van der Waals surface area (Å²) in [7, 11) is 0. The van der Waals surface area contributed by atoms with E-state index in [0.717, 1.165) is 57.3 Å². The molecule has 0 saturated heterocycles. The molecule has 308 valence electrons. The quantitative estimate of drug-likeness (QED) is 0.0361. The van der Waals surface area contributed by atoms with Crippen molar-refractivity contribution in [1.82, 2.24) is 0 Å². The van der Waals surface area contributed by atoms with Gasteiger partial charge >= 0.3 is 17.9 Å². The van der Waals surface area contributed by atoms with Crippen LogP contribution in [0.5, 0.6) is 0 Å². The largest absolute Gasteiger partial charge is 0.462 e. The van der Waals surface area contributed by atoms with Gasteiger partial charge in [0, 0.05) is 12.8 Å². The lowest BCUT2D eigenvalue weighted by molar-refractivity contribution is -0.167. The van der Waals surface area contributed by atoms with E-state index in [1.807, 2.05) is 0 Å². The van der Waals surface area contributed by atoms with E-state index in [1.165, 1.54) is 135 Å². The van der Waals surface area contributed by atoms with Gasteiger partial charge in [0.15, 0.2) is 6.10 Å². The number of unbranched alkanes of at least 4 members (excludes halogenated alkanes) is 23. The van der Waals surface area contributed by atoms with E-state index in [1.54, 1.807) is 0 Å². The van der Waals surface area contributed by atoms with Gasteiger partial charge in [0.05, 0.1) is 0 Å². The van der Waals surface area contributed by atoms with Gasteiger partial charge in [0.1, 0.15) is 19.3 Å². The predicted octanol–water partition coefficient (Wildman–Crippen LogP) is 11.4. The first-order valence-corrected chi connectivity index (χ1v) is 22.3. The van der Waals surface area contributed by atoms with Crippen LogP contribution in [0.25, 0.3) is 0 Å². The zero-order chi connectivity index (χ0) is 38.3. The molecular formula is C44H86N2O6. The van der Waals surface area contributed by atoms with Crippen molar-refractivity contribution in [1.29, 1.82) is 0 Å². The van der Waals surface area contributed by atoms with E-state index < -0.39 is 18.1 Å². The first kappa shape index (κ1) is 50.3. The summed E-state index contributed by atoms with van der Waals surface area (Å²) in [5, 5.41) is 0. The van der Waals surface area contributed by atoms with Crippen LogP contribution in [-0.2, 0) is 28.6 Å². The molecule has 0 aromatic carbocycles. The minimum absolute atomic E-state index is 0.129. The van der Waals surface area contributed by atoms with Gasteiger partial charge in [0.25, 0.3) is 0 Å². The second-order valence-electron chi connectivity index (χ2n) is 15.6. The summed E-state index contributed by atoms with van der Waals surface area (Å²) in [6.45, 7) is 7.15. The van der Waals surface area contributed by atoms with Crippen LogP contribution in [-0.4, -0.2) is 49.8 Å². The summed E-state index contributed by atoms with van der Waals surface area (Å²) in [6, 6.07) is -0.760. The fourth-order valence-electron chi connectivity index (χ4n) is 6.70. The fourth-order valence-corrected chi connectivity index (χ4v) is 6.70. The van der Waals surface area contributed by atoms with Crippen LogP contribution in [0.4, 0.5) is 0 Å². The first-order chi connectivity index (χ1) is 25.3. The third-order valence-corrected chi connectivity index (χ3v) is 10.3. The molecule has 0 radical (unpaired) electrons. The standard InChI is InChI=1S/C44H86N2O6/c1-4-6-8-10-12-13-14-15-16-17-18-23-27-34-42(47)50-37-40(38-51-44(49)41(46)33-29-30-36-45)52-43(48)35-28-24-20-19-22-26-32-39(3)31-25-21-11-9-7-5-2/h39-41H,4-38,45-46H2,1-3H3/t39?,40-,41-/m1/s1. The van der Waals surface area contributed by atoms with E-state index in [9.17, 15) is 14.4 Å². The summed E-state index contributed by atoms with van der Waals surface area (Å²) in [5.41, 5.74) is 11.5. The van der Waals surface area contributed by atoms with Crippen molar-refractivity contribution in [3.8, 4) is 0 Å². The van der Waals surface area contributed by atoms with Gasteiger partial charge in [-0.1, -0.05) is 188 Å². The Balaban J connectivity index is 4.30. The fraction of sp³-hybridized carbons (Fsp3) is 0.932. The lowest BCUT2D eigenvalue weighted by atomic mass is 9.96. The van der Waals surface area contributed by atoms with Gasteiger partial charge in [-0.3, -0.25) is 14.4 Å². The normalized spacial score (nSPS) is 13.1. The molecule has 8 heteroatoms. The van der Waals surface area contributed by atoms with Crippen molar-refractivity contribution in [2.75, 3.05) is 19.8 Å². The SMILES string of the molecule is CCCCCCCCCCCCCCCC(=O)OC[C@H](COC(=O)[C@H](N)CCCCN)OC(=O)CCCCCCCCC(C)CCCCCCCC. The van der Waals surface area contributed by atoms with Gasteiger partial charge in [-0.2, -0.15) is 0 Å². The van der Waals surface area contributed by atoms with Crippen LogP contribution in [0, 0.1) is 5.92 Å². The smallest absolute Gasteiger partial charge is 0.323 e. The van der Waals surface area contributed by atoms with Gasteiger partial charge in [-0.05, 0) is 38.1 Å². The van der Waals surface area contributed by atoms with Gasteiger partial charge in [-0.25, -0.2) is 0 Å². The summed E-state index contributed by atoms with van der Waals surface area (Å²) >= 11 is 0. The Labute approximate surface area is 321 Å². The van der Waals surface area contributed by atoms with Gasteiger partial charge in [-0.15, -0.1) is 0 Å². The monoisotopic (exact) mass is 739 g/mol. The number of ether oxygens (including phenoxy) is 3. The molecule has 3 atom stereocenters. The summed E-state index contributed by atoms with van der Waals surface area (Å²) in [5.74, 6) is -0.401. The zero-order valence-electron chi connectivity index (χ0n) is 34.6. The molecule has 1 unspecified atom stereocenters. The number of nitrogens with two attached hydrogens (primary N) is 2. The van der Waals surface area contributed by atoms with Gasteiger partial charge < -0.3 is 25.7 Å². The Morgan fingerprint density at radius 3 is 1.33 bits per heavy atom. The third kappa shape index (κ3) is 35.4. The number of carbonyl (C=O) groups is 3. The highest BCUT2D eigenvalue weighted by atomic mass is 16.6. The zero-order valence-corrected chi connectivity index (χ0v) is 34.6. The minimum Gasteiger partial charge on any atom is -0.462 e. The lowest BCUT2D eigenvalue weighted by Gasteiger charge is -2.19. The Morgan fingerprint density at radius 2 is 0.865 bits per heavy atom. The average molecular weight is 739 g/mol. The Hall–Kier alpha value is -1.67. The lowest BCUT2D eigenvalue weighted by Crippen LogP contribution is -2.36. The number of hydrogen-bond donors (Lipinski definition) is 2. The second-order valence-corrected chi connectivity index (χ2v) is 15.6. The molecule has 4 N–H and O–H groups in total. The average Bonchev–Trinajstić information content (AvgIpc) is 3.13.